The number of anilines is 1. The summed E-state index contributed by atoms with van der Waals surface area (Å²) in [4.78, 5) is 45.1. The molecule has 3 aliphatic heterocycles. The maximum Gasteiger partial charge on any atom is 0.312 e. The largest absolute Gasteiger partial charge is 0.465 e. The summed E-state index contributed by atoms with van der Waals surface area (Å²) >= 11 is 6.10. The van der Waals surface area contributed by atoms with E-state index in [2.05, 4.69) is 13.2 Å². The normalized spacial score (nSPS) is 27.9. The van der Waals surface area contributed by atoms with Crippen LogP contribution in [0.25, 0.3) is 0 Å². The van der Waals surface area contributed by atoms with Crippen molar-refractivity contribution in [1.82, 2.24) is 4.90 Å². The van der Waals surface area contributed by atoms with Gasteiger partial charge in [-0.25, -0.2) is 0 Å². The lowest BCUT2D eigenvalue weighted by atomic mass is 9.70. The summed E-state index contributed by atoms with van der Waals surface area (Å²) in [6, 6.07) is 5.27. The summed E-state index contributed by atoms with van der Waals surface area (Å²) in [5.74, 6) is -2.63. The average molecular weight is 559 g/mol. The topological polar surface area (TPSA) is 96.4 Å². The van der Waals surface area contributed by atoms with Crippen LogP contribution in [0.4, 0.5) is 5.69 Å². The molecule has 212 valence electrons. The second-order valence-corrected chi connectivity index (χ2v) is 11.5. The smallest absolute Gasteiger partial charge is 0.312 e. The van der Waals surface area contributed by atoms with Crippen LogP contribution in [0.5, 0.6) is 0 Å². The first-order valence-corrected chi connectivity index (χ1v) is 14.1. The monoisotopic (exact) mass is 558 g/mol. The summed E-state index contributed by atoms with van der Waals surface area (Å²) in [7, 11) is 0. The second kappa shape index (κ2) is 12.2. The fourth-order valence-corrected chi connectivity index (χ4v) is 6.69. The Bertz CT molecular complexity index is 1090. The highest BCUT2D eigenvalue weighted by atomic mass is 35.5. The summed E-state index contributed by atoms with van der Waals surface area (Å²) in [6.45, 7) is 11.6. The molecule has 1 aromatic carbocycles. The Morgan fingerprint density at radius 2 is 2.00 bits per heavy atom. The Labute approximate surface area is 235 Å². The van der Waals surface area contributed by atoms with Crippen LogP contribution in [0.15, 0.2) is 49.6 Å². The van der Waals surface area contributed by atoms with Crippen molar-refractivity contribution in [1.29, 1.82) is 0 Å². The van der Waals surface area contributed by atoms with Gasteiger partial charge in [0.1, 0.15) is 11.6 Å². The lowest BCUT2D eigenvalue weighted by Gasteiger charge is -2.39. The molecule has 1 N–H and O–H groups in total. The zero-order chi connectivity index (χ0) is 28.3. The third-order valence-electron chi connectivity index (χ3n) is 8.10. The molecule has 0 radical (unpaired) electrons. The molecule has 2 amide bonds. The van der Waals surface area contributed by atoms with Gasteiger partial charge in [-0.05, 0) is 62.3 Å². The maximum absolute atomic E-state index is 14.5. The van der Waals surface area contributed by atoms with Crippen molar-refractivity contribution in [3.63, 3.8) is 0 Å². The fraction of sp³-hybridized carbons (Fsp3) is 0.567. The lowest BCUT2D eigenvalue weighted by molar-refractivity contribution is -0.156. The van der Waals surface area contributed by atoms with E-state index in [-0.39, 0.29) is 37.5 Å². The number of hydrogen-bond acceptors (Lipinski definition) is 6. The Kier molecular flexibility index (Phi) is 9.19. The van der Waals surface area contributed by atoms with Crippen molar-refractivity contribution >= 4 is 35.1 Å². The molecule has 2 bridgehead atoms. The van der Waals surface area contributed by atoms with Crippen molar-refractivity contribution in [2.24, 2.45) is 17.8 Å². The number of halogens is 1. The first-order valence-electron chi connectivity index (χ1n) is 13.8. The van der Waals surface area contributed by atoms with Gasteiger partial charge in [-0.1, -0.05) is 37.6 Å². The second-order valence-electron chi connectivity index (χ2n) is 11.1. The predicted molar refractivity (Wildman–Crippen MR) is 149 cm³/mol. The molecule has 1 aromatic rings. The number of benzene rings is 1. The third kappa shape index (κ3) is 5.39. The van der Waals surface area contributed by atoms with Gasteiger partial charge >= 0.3 is 5.97 Å². The van der Waals surface area contributed by atoms with Gasteiger partial charge in [0, 0.05) is 17.3 Å². The molecular weight excluding hydrogens is 520 g/mol. The minimum Gasteiger partial charge on any atom is -0.465 e. The van der Waals surface area contributed by atoms with Crippen LogP contribution in [0.2, 0.25) is 5.02 Å². The number of carbonyl (C=O) groups excluding carboxylic acids is 3. The van der Waals surface area contributed by atoms with E-state index in [0.717, 1.165) is 0 Å². The van der Waals surface area contributed by atoms with Crippen LogP contribution >= 0.6 is 11.6 Å². The van der Waals surface area contributed by atoms with E-state index in [1.54, 1.807) is 41.3 Å². The van der Waals surface area contributed by atoms with Crippen LogP contribution in [-0.4, -0.2) is 71.3 Å². The third-order valence-corrected chi connectivity index (χ3v) is 8.36. The van der Waals surface area contributed by atoms with Gasteiger partial charge in [-0.2, -0.15) is 0 Å². The molecule has 9 heteroatoms. The van der Waals surface area contributed by atoms with E-state index in [1.165, 1.54) is 4.90 Å². The van der Waals surface area contributed by atoms with Crippen LogP contribution in [0.3, 0.4) is 0 Å². The van der Waals surface area contributed by atoms with Crippen molar-refractivity contribution in [3.05, 3.63) is 54.6 Å². The molecule has 0 saturated carbocycles. The number of hydrogen-bond donors (Lipinski definition) is 1. The number of nitrogens with zero attached hydrogens (tertiary/aromatic N) is 2. The molecule has 0 aliphatic carbocycles. The number of aliphatic hydroxyl groups is 1. The molecule has 3 fully saturated rings. The SMILES string of the molecule is C=CCCCOC(=O)[C@@H]1[C@H]2C(=O)N([C@@H](CO)CC(C)C)C(C(=O)N(CC=C)c3ccc(Cl)cc3)C23CC[C@H]1O3. The molecule has 3 aliphatic rings. The summed E-state index contributed by atoms with van der Waals surface area (Å²) in [6.07, 6.45) is 5.75. The van der Waals surface area contributed by atoms with Gasteiger partial charge < -0.3 is 24.4 Å². The summed E-state index contributed by atoms with van der Waals surface area (Å²) in [5, 5.41) is 11.0. The van der Waals surface area contributed by atoms with E-state index in [0.29, 0.717) is 42.8 Å². The van der Waals surface area contributed by atoms with Crippen molar-refractivity contribution in [2.45, 2.75) is 69.7 Å². The molecule has 8 nitrogen and oxygen atoms in total. The van der Waals surface area contributed by atoms with Gasteiger partial charge in [0.15, 0.2) is 0 Å². The Hall–Kier alpha value is -2.68. The van der Waals surface area contributed by atoms with Crippen LogP contribution < -0.4 is 4.90 Å². The fourth-order valence-electron chi connectivity index (χ4n) is 6.57. The van der Waals surface area contributed by atoms with E-state index in [4.69, 9.17) is 21.1 Å². The number of ether oxygens (including phenoxy) is 2. The minimum absolute atomic E-state index is 0.159. The van der Waals surface area contributed by atoms with E-state index < -0.39 is 41.6 Å². The van der Waals surface area contributed by atoms with Crippen LogP contribution in [0.1, 0.15) is 46.0 Å². The van der Waals surface area contributed by atoms with Gasteiger partial charge in [-0.15, -0.1) is 13.2 Å². The van der Waals surface area contributed by atoms with Gasteiger partial charge in [-0.3, -0.25) is 14.4 Å². The van der Waals surface area contributed by atoms with Gasteiger partial charge in [0.2, 0.25) is 5.91 Å². The highest BCUT2D eigenvalue weighted by molar-refractivity contribution is 6.30. The number of likely N-dealkylation sites (tertiary alicyclic amines) is 1. The standard InChI is InChI=1S/C30H39ClN2O6/c1-5-7-8-16-38-29(37)24-23-13-14-30(39-23)25(24)27(35)33(22(18-34)17-19(3)4)26(30)28(36)32(15-6-2)21-11-9-20(31)10-12-21/h5-6,9-12,19,22-26,34H,1-2,7-8,13-18H2,3-4H3/t22-,23-,24+,25+,26?,30?/m1/s1. The number of esters is 1. The average Bonchev–Trinajstić information content (AvgIpc) is 3.56. The van der Waals surface area contributed by atoms with Crippen molar-refractivity contribution in [2.75, 3.05) is 24.7 Å². The van der Waals surface area contributed by atoms with Gasteiger partial charge in [0.25, 0.3) is 5.91 Å². The lowest BCUT2D eigenvalue weighted by Crippen LogP contribution is -2.59. The molecule has 4 rings (SSSR count). The number of fused-ring (bicyclic) bond motifs is 1. The summed E-state index contributed by atoms with van der Waals surface area (Å²) in [5.41, 5.74) is -0.577. The molecular formula is C30H39ClN2O6. The quantitative estimate of drug-likeness (QED) is 0.222. The van der Waals surface area contributed by atoms with Crippen LogP contribution in [0, 0.1) is 17.8 Å². The molecule has 2 unspecified atom stereocenters. The number of rotatable bonds is 13. The molecule has 3 saturated heterocycles. The highest BCUT2D eigenvalue weighted by Crippen LogP contribution is 2.59. The highest BCUT2D eigenvalue weighted by Gasteiger charge is 2.75. The number of unbranched alkanes of at least 4 members (excludes halogenated alkanes) is 1. The molecule has 3 heterocycles. The zero-order valence-corrected chi connectivity index (χ0v) is 23.5. The van der Waals surface area contributed by atoms with Crippen molar-refractivity contribution in [3.8, 4) is 0 Å². The number of allylic oxidation sites excluding steroid dienone is 1. The number of aliphatic hydroxyl groups excluding tert-OH is 1. The zero-order valence-electron chi connectivity index (χ0n) is 22.8. The number of carbonyl (C=O) groups is 3. The Morgan fingerprint density at radius 3 is 2.62 bits per heavy atom. The van der Waals surface area contributed by atoms with Crippen molar-refractivity contribution < 1.29 is 29.0 Å². The summed E-state index contributed by atoms with van der Waals surface area (Å²) < 4.78 is 12.1. The minimum atomic E-state index is -1.18. The predicted octanol–water partition coefficient (Wildman–Crippen LogP) is 4.15. The first-order chi connectivity index (χ1) is 18.7. The molecule has 1 spiro atoms. The Morgan fingerprint density at radius 1 is 1.28 bits per heavy atom. The first kappa shape index (κ1) is 29.3. The molecule has 6 atom stereocenters. The maximum atomic E-state index is 14.5. The molecule has 39 heavy (non-hydrogen) atoms. The van der Waals surface area contributed by atoms with E-state index in [9.17, 15) is 19.5 Å². The van der Waals surface area contributed by atoms with E-state index >= 15 is 0 Å². The van der Waals surface area contributed by atoms with Crippen LogP contribution in [-0.2, 0) is 23.9 Å². The molecule has 0 aromatic heterocycles. The Balaban J connectivity index is 1.75. The van der Waals surface area contributed by atoms with Gasteiger partial charge in [0.05, 0.1) is 37.2 Å². The van der Waals surface area contributed by atoms with E-state index in [1.807, 2.05) is 13.8 Å². The number of amides is 2.